The maximum absolute atomic E-state index is 10.9. The highest BCUT2D eigenvalue weighted by Crippen LogP contribution is 2.30. The second-order valence-corrected chi connectivity index (χ2v) is 6.25. The van der Waals surface area contributed by atoms with E-state index in [9.17, 15) is 4.79 Å². The van der Waals surface area contributed by atoms with Crippen LogP contribution in [0.5, 0.6) is 0 Å². The first-order valence-electron chi connectivity index (χ1n) is 6.81. The molecule has 0 saturated heterocycles. The first-order chi connectivity index (χ1) is 9.72. The first kappa shape index (κ1) is 13.3. The molecule has 0 radical (unpaired) electrons. The molecule has 1 aliphatic rings. The Morgan fingerprint density at radius 1 is 1.20 bits per heavy atom. The molecule has 0 unspecified atom stereocenters. The van der Waals surface area contributed by atoms with Gasteiger partial charge in [0.05, 0.1) is 5.56 Å². The Morgan fingerprint density at radius 3 is 2.50 bits per heavy atom. The molecule has 0 spiro atoms. The van der Waals surface area contributed by atoms with Crippen molar-refractivity contribution in [2.45, 2.75) is 32.0 Å². The van der Waals surface area contributed by atoms with E-state index in [0.717, 1.165) is 13.1 Å². The zero-order valence-electron chi connectivity index (χ0n) is 11.2. The van der Waals surface area contributed by atoms with E-state index in [1.165, 1.54) is 23.3 Å². The summed E-state index contributed by atoms with van der Waals surface area (Å²) < 4.78 is 0. The van der Waals surface area contributed by atoms with Crippen LogP contribution in [0.1, 0.15) is 33.6 Å². The first-order valence-corrected chi connectivity index (χ1v) is 7.69. The molecule has 0 atom stereocenters. The molecule has 0 aliphatic heterocycles. The van der Waals surface area contributed by atoms with E-state index in [2.05, 4.69) is 22.4 Å². The molecule has 1 aliphatic carbocycles. The van der Waals surface area contributed by atoms with Gasteiger partial charge < -0.3 is 5.11 Å². The molecule has 1 saturated carbocycles. The number of carboxylic acids is 1. The number of aromatic carboxylic acids is 1. The predicted molar refractivity (Wildman–Crippen MR) is 80.0 cm³/mol. The van der Waals surface area contributed by atoms with Gasteiger partial charge in [0.15, 0.2) is 0 Å². The normalized spacial score (nSPS) is 14.7. The summed E-state index contributed by atoms with van der Waals surface area (Å²) in [6, 6.07) is 12.2. The average Bonchev–Trinajstić information content (AvgIpc) is 3.17. The minimum atomic E-state index is -0.866. The van der Waals surface area contributed by atoms with Gasteiger partial charge >= 0.3 is 5.97 Å². The third kappa shape index (κ3) is 3.26. The third-order valence-corrected chi connectivity index (χ3v) is 4.45. The minimum Gasteiger partial charge on any atom is -0.478 e. The number of rotatable bonds is 6. The second-order valence-electron chi connectivity index (χ2n) is 5.22. The average molecular weight is 287 g/mol. The zero-order valence-corrected chi connectivity index (χ0v) is 12.0. The third-order valence-electron chi connectivity index (χ3n) is 3.59. The van der Waals surface area contributed by atoms with Crippen LogP contribution in [-0.4, -0.2) is 22.0 Å². The molecule has 0 amide bonds. The summed E-state index contributed by atoms with van der Waals surface area (Å²) in [5.74, 6) is -0.866. The van der Waals surface area contributed by atoms with Crippen molar-refractivity contribution in [3.05, 3.63) is 57.8 Å². The number of thiophene rings is 1. The van der Waals surface area contributed by atoms with Crippen molar-refractivity contribution in [2.75, 3.05) is 0 Å². The summed E-state index contributed by atoms with van der Waals surface area (Å²) in [6.45, 7) is 1.88. The summed E-state index contributed by atoms with van der Waals surface area (Å²) in [4.78, 5) is 14.7. The fourth-order valence-corrected chi connectivity index (χ4v) is 3.07. The Hall–Kier alpha value is -1.65. The van der Waals surface area contributed by atoms with Crippen LogP contribution < -0.4 is 0 Å². The van der Waals surface area contributed by atoms with E-state index in [1.807, 2.05) is 12.1 Å². The Kier molecular flexibility index (Phi) is 3.85. The fourth-order valence-electron chi connectivity index (χ4n) is 2.34. The molecule has 1 heterocycles. The van der Waals surface area contributed by atoms with Gasteiger partial charge in [-0.1, -0.05) is 18.2 Å². The summed E-state index contributed by atoms with van der Waals surface area (Å²) >= 11 is 1.79. The van der Waals surface area contributed by atoms with Crippen molar-refractivity contribution in [1.82, 2.24) is 4.90 Å². The number of benzene rings is 1. The molecule has 1 aromatic heterocycles. The van der Waals surface area contributed by atoms with Crippen molar-refractivity contribution < 1.29 is 9.90 Å². The topological polar surface area (TPSA) is 40.5 Å². The highest BCUT2D eigenvalue weighted by atomic mass is 32.1. The highest BCUT2D eigenvalue weighted by molar-refractivity contribution is 7.09. The lowest BCUT2D eigenvalue weighted by molar-refractivity contribution is 0.0697. The molecule has 0 bridgehead atoms. The number of carbonyl (C=O) groups is 1. The standard InChI is InChI=1S/C16H17NO2S/c18-16(19)13-5-3-12(4-6-13)10-17(14-7-8-14)11-15-2-1-9-20-15/h1-6,9,14H,7-8,10-11H2,(H,18,19). The van der Waals surface area contributed by atoms with Gasteiger partial charge in [-0.2, -0.15) is 0 Å². The lowest BCUT2D eigenvalue weighted by Gasteiger charge is -2.21. The molecule has 4 heteroatoms. The fraction of sp³-hybridized carbons (Fsp3) is 0.312. The largest absolute Gasteiger partial charge is 0.478 e. The molecule has 1 aromatic carbocycles. The van der Waals surface area contributed by atoms with Gasteiger partial charge in [-0.05, 0) is 42.0 Å². The Labute approximate surface area is 122 Å². The molecular formula is C16H17NO2S. The van der Waals surface area contributed by atoms with Crippen molar-refractivity contribution in [2.24, 2.45) is 0 Å². The lowest BCUT2D eigenvalue weighted by atomic mass is 10.1. The van der Waals surface area contributed by atoms with Crippen LogP contribution in [0, 0.1) is 0 Å². The van der Waals surface area contributed by atoms with Crippen LogP contribution in [-0.2, 0) is 13.1 Å². The zero-order chi connectivity index (χ0) is 13.9. The van der Waals surface area contributed by atoms with E-state index in [-0.39, 0.29) is 0 Å². The van der Waals surface area contributed by atoms with Gasteiger partial charge in [0.25, 0.3) is 0 Å². The van der Waals surface area contributed by atoms with Crippen molar-refractivity contribution in [3.8, 4) is 0 Å². The van der Waals surface area contributed by atoms with Crippen molar-refractivity contribution in [3.63, 3.8) is 0 Å². The Bertz CT molecular complexity index is 573. The maximum atomic E-state index is 10.9. The molecule has 20 heavy (non-hydrogen) atoms. The number of hydrogen-bond acceptors (Lipinski definition) is 3. The molecule has 104 valence electrons. The number of carboxylic acid groups (broad SMARTS) is 1. The Morgan fingerprint density at radius 2 is 1.95 bits per heavy atom. The van der Waals surface area contributed by atoms with Crippen LogP contribution >= 0.6 is 11.3 Å². The van der Waals surface area contributed by atoms with E-state index in [1.54, 1.807) is 23.5 Å². The van der Waals surface area contributed by atoms with E-state index in [0.29, 0.717) is 11.6 Å². The summed E-state index contributed by atoms with van der Waals surface area (Å²) in [5.41, 5.74) is 1.53. The second kappa shape index (κ2) is 5.77. The summed E-state index contributed by atoms with van der Waals surface area (Å²) in [7, 11) is 0. The highest BCUT2D eigenvalue weighted by Gasteiger charge is 2.29. The number of hydrogen-bond donors (Lipinski definition) is 1. The van der Waals surface area contributed by atoms with Gasteiger partial charge in [0.1, 0.15) is 0 Å². The molecule has 1 fully saturated rings. The SMILES string of the molecule is O=C(O)c1ccc(CN(Cc2cccs2)C2CC2)cc1. The maximum Gasteiger partial charge on any atom is 0.335 e. The van der Waals surface area contributed by atoms with Crippen LogP contribution in [0.3, 0.4) is 0 Å². The Balaban J connectivity index is 1.68. The molecule has 3 rings (SSSR count). The van der Waals surface area contributed by atoms with Gasteiger partial charge in [0, 0.05) is 24.0 Å². The van der Waals surface area contributed by atoms with Crippen LogP contribution in [0.4, 0.5) is 0 Å². The lowest BCUT2D eigenvalue weighted by Crippen LogP contribution is -2.24. The van der Waals surface area contributed by atoms with Gasteiger partial charge in [0.2, 0.25) is 0 Å². The summed E-state index contributed by atoms with van der Waals surface area (Å²) in [5, 5.41) is 11.0. The van der Waals surface area contributed by atoms with Crippen molar-refractivity contribution >= 4 is 17.3 Å². The monoisotopic (exact) mass is 287 g/mol. The molecular weight excluding hydrogens is 270 g/mol. The van der Waals surface area contributed by atoms with Gasteiger partial charge in [-0.3, -0.25) is 4.90 Å². The van der Waals surface area contributed by atoms with E-state index >= 15 is 0 Å². The van der Waals surface area contributed by atoms with Crippen LogP contribution in [0.15, 0.2) is 41.8 Å². The molecule has 3 nitrogen and oxygen atoms in total. The van der Waals surface area contributed by atoms with Crippen molar-refractivity contribution in [1.29, 1.82) is 0 Å². The number of nitrogens with zero attached hydrogens (tertiary/aromatic N) is 1. The van der Waals surface area contributed by atoms with E-state index < -0.39 is 5.97 Å². The molecule has 2 aromatic rings. The predicted octanol–water partition coefficient (Wildman–Crippen LogP) is 3.61. The smallest absolute Gasteiger partial charge is 0.335 e. The summed E-state index contributed by atoms with van der Waals surface area (Å²) in [6.07, 6.45) is 2.55. The minimum absolute atomic E-state index is 0.352. The van der Waals surface area contributed by atoms with Gasteiger partial charge in [-0.25, -0.2) is 4.79 Å². The van der Waals surface area contributed by atoms with Crippen LogP contribution in [0.2, 0.25) is 0 Å². The quantitative estimate of drug-likeness (QED) is 0.882. The molecule has 1 N–H and O–H groups in total. The van der Waals surface area contributed by atoms with Crippen LogP contribution in [0.25, 0.3) is 0 Å². The van der Waals surface area contributed by atoms with E-state index in [4.69, 9.17) is 5.11 Å². The van der Waals surface area contributed by atoms with Gasteiger partial charge in [-0.15, -0.1) is 11.3 Å².